The predicted octanol–water partition coefficient (Wildman–Crippen LogP) is 2.94. The van der Waals surface area contributed by atoms with Gasteiger partial charge in [-0.05, 0) is 38.3 Å². The monoisotopic (exact) mass is 280 g/mol. The highest BCUT2D eigenvalue weighted by molar-refractivity contribution is 5.55. The van der Waals surface area contributed by atoms with Crippen LogP contribution in [0.3, 0.4) is 0 Å². The number of methoxy groups -OCH3 is 1. The van der Waals surface area contributed by atoms with Crippen molar-refractivity contribution in [3.63, 3.8) is 0 Å². The summed E-state index contributed by atoms with van der Waals surface area (Å²) in [7, 11) is 1.67. The van der Waals surface area contributed by atoms with E-state index in [9.17, 15) is 4.39 Å². The molecule has 4 heteroatoms. The van der Waals surface area contributed by atoms with E-state index in [1.165, 1.54) is 19.3 Å². The second-order valence-electron chi connectivity index (χ2n) is 5.45. The van der Waals surface area contributed by atoms with Gasteiger partial charge < -0.3 is 15.0 Å². The lowest BCUT2D eigenvalue weighted by atomic mass is 10.0. The Bertz CT molecular complexity index is 425. The third-order valence-electron chi connectivity index (χ3n) is 3.99. The fourth-order valence-corrected chi connectivity index (χ4v) is 2.83. The highest BCUT2D eigenvalue weighted by Crippen LogP contribution is 2.29. The quantitative estimate of drug-likeness (QED) is 0.811. The summed E-state index contributed by atoms with van der Waals surface area (Å²) in [5.74, 6) is -0.120. The first-order chi connectivity index (χ1) is 9.74. The maximum atomic E-state index is 14.1. The Morgan fingerprint density at radius 2 is 2.25 bits per heavy atom. The fraction of sp³-hybridized carbons (Fsp3) is 0.625. The van der Waals surface area contributed by atoms with Crippen LogP contribution in [-0.4, -0.2) is 32.8 Å². The van der Waals surface area contributed by atoms with Gasteiger partial charge in [-0.15, -0.1) is 0 Å². The average molecular weight is 280 g/mol. The number of benzene rings is 1. The Morgan fingerprint density at radius 3 is 3.00 bits per heavy atom. The molecule has 0 saturated carbocycles. The molecule has 0 bridgehead atoms. The minimum atomic E-state index is -0.120. The van der Waals surface area contributed by atoms with Crippen LogP contribution in [0.2, 0.25) is 0 Å². The molecule has 112 valence electrons. The molecule has 1 unspecified atom stereocenters. The predicted molar refractivity (Wildman–Crippen MR) is 80.6 cm³/mol. The van der Waals surface area contributed by atoms with E-state index in [1.54, 1.807) is 13.2 Å². The van der Waals surface area contributed by atoms with E-state index in [2.05, 4.69) is 17.1 Å². The van der Waals surface area contributed by atoms with Gasteiger partial charge in [-0.25, -0.2) is 4.39 Å². The van der Waals surface area contributed by atoms with E-state index in [-0.39, 0.29) is 5.82 Å². The van der Waals surface area contributed by atoms with Gasteiger partial charge in [0.1, 0.15) is 5.82 Å². The van der Waals surface area contributed by atoms with Crippen LogP contribution in [0, 0.1) is 5.82 Å². The molecule has 1 N–H and O–H groups in total. The van der Waals surface area contributed by atoms with Gasteiger partial charge in [0.2, 0.25) is 0 Å². The number of piperidine rings is 1. The smallest absolute Gasteiger partial charge is 0.129 e. The molecule has 1 aromatic rings. The van der Waals surface area contributed by atoms with Crippen molar-refractivity contribution in [2.24, 2.45) is 0 Å². The molecule has 20 heavy (non-hydrogen) atoms. The van der Waals surface area contributed by atoms with E-state index >= 15 is 0 Å². The van der Waals surface area contributed by atoms with Crippen LogP contribution in [0.1, 0.15) is 31.7 Å². The number of halogens is 1. The van der Waals surface area contributed by atoms with Crippen LogP contribution in [0.15, 0.2) is 18.2 Å². The minimum Gasteiger partial charge on any atom is -0.383 e. The minimum absolute atomic E-state index is 0.120. The zero-order chi connectivity index (χ0) is 14.4. The molecule has 2 rings (SSSR count). The van der Waals surface area contributed by atoms with Crippen LogP contribution in [0.4, 0.5) is 10.1 Å². The maximum Gasteiger partial charge on any atom is 0.129 e. The summed E-state index contributed by atoms with van der Waals surface area (Å²) in [6, 6.07) is 5.89. The van der Waals surface area contributed by atoms with Crippen LogP contribution < -0.4 is 10.2 Å². The van der Waals surface area contributed by atoms with Gasteiger partial charge in [0.25, 0.3) is 0 Å². The first-order valence-electron chi connectivity index (χ1n) is 7.47. The first-order valence-corrected chi connectivity index (χ1v) is 7.47. The molecular weight excluding hydrogens is 255 g/mol. The van der Waals surface area contributed by atoms with Gasteiger partial charge in [0.05, 0.1) is 6.61 Å². The van der Waals surface area contributed by atoms with Crippen LogP contribution in [0.5, 0.6) is 0 Å². The molecule has 3 nitrogen and oxygen atoms in total. The van der Waals surface area contributed by atoms with Gasteiger partial charge in [-0.1, -0.05) is 6.07 Å². The van der Waals surface area contributed by atoms with Crippen molar-refractivity contribution >= 4 is 5.69 Å². The molecule has 1 atom stereocenters. The molecule has 1 saturated heterocycles. The van der Waals surface area contributed by atoms with Crippen molar-refractivity contribution in [2.75, 3.05) is 31.7 Å². The third kappa shape index (κ3) is 3.70. The van der Waals surface area contributed by atoms with Gasteiger partial charge >= 0.3 is 0 Å². The van der Waals surface area contributed by atoms with Gasteiger partial charge in [-0.3, -0.25) is 0 Å². The second-order valence-corrected chi connectivity index (χ2v) is 5.45. The Kier molecular flexibility index (Phi) is 5.80. The molecule has 0 aliphatic carbocycles. The molecule has 0 aromatic heterocycles. The summed E-state index contributed by atoms with van der Waals surface area (Å²) in [5, 5.41) is 3.25. The summed E-state index contributed by atoms with van der Waals surface area (Å²) in [5.41, 5.74) is 1.82. The van der Waals surface area contributed by atoms with Crippen molar-refractivity contribution in [1.82, 2.24) is 5.32 Å². The van der Waals surface area contributed by atoms with Crippen LogP contribution in [0.25, 0.3) is 0 Å². The summed E-state index contributed by atoms with van der Waals surface area (Å²) in [6.45, 7) is 5.18. The average Bonchev–Trinajstić information content (AvgIpc) is 2.45. The molecule has 0 spiro atoms. The molecule has 1 aliphatic rings. The van der Waals surface area contributed by atoms with Crippen LogP contribution >= 0.6 is 0 Å². The summed E-state index contributed by atoms with van der Waals surface area (Å²) in [4.78, 5) is 2.35. The number of hydrogen-bond donors (Lipinski definition) is 1. The topological polar surface area (TPSA) is 24.5 Å². The van der Waals surface area contributed by atoms with Gasteiger partial charge in [-0.2, -0.15) is 0 Å². The lowest BCUT2D eigenvalue weighted by molar-refractivity contribution is 0.199. The van der Waals surface area contributed by atoms with Crippen LogP contribution in [-0.2, 0) is 11.3 Å². The Hall–Kier alpha value is -1.13. The standard InChI is InChI=1S/C16H25FN2O/c1-13-6-3-4-10-19(13)16-8-5-7-15(17)14(16)12-18-9-11-20-2/h5,7-8,13,18H,3-4,6,9-12H2,1-2H3. The van der Waals surface area contributed by atoms with E-state index in [4.69, 9.17) is 4.74 Å². The zero-order valence-electron chi connectivity index (χ0n) is 12.5. The highest BCUT2D eigenvalue weighted by Gasteiger charge is 2.22. The van der Waals surface area contributed by atoms with E-state index < -0.39 is 0 Å². The highest BCUT2D eigenvalue weighted by atomic mass is 19.1. The number of nitrogens with zero attached hydrogens (tertiary/aromatic N) is 1. The summed E-state index contributed by atoms with van der Waals surface area (Å²) in [6.07, 6.45) is 3.65. The number of rotatable bonds is 6. The van der Waals surface area contributed by atoms with Crippen molar-refractivity contribution < 1.29 is 9.13 Å². The lowest BCUT2D eigenvalue weighted by Gasteiger charge is -2.36. The summed E-state index contributed by atoms with van der Waals surface area (Å²) < 4.78 is 19.2. The normalized spacial score (nSPS) is 19.4. The number of nitrogens with one attached hydrogen (secondary N) is 1. The molecule has 0 radical (unpaired) electrons. The number of hydrogen-bond acceptors (Lipinski definition) is 3. The Morgan fingerprint density at radius 1 is 1.40 bits per heavy atom. The SMILES string of the molecule is COCCNCc1c(F)cccc1N1CCCCC1C. The number of anilines is 1. The molecule has 1 heterocycles. The van der Waals surface area contributed by atoms with Crippen molar-refractivity contribution in [1.29, 1.82) is 0 Å². The Labute approximate surface area is 121 Å². The molecule has 1 fully saturated rings. The van der Waals surface area contributed by atoms with Crippen molar-refractivity contribution in [3.8, 4) is 0 Å². The molecular formula is C16H25FN2O. The summed E-state index contributed by atoms with van der Waals surface area (Å²) >= 11 is 0. The molecule has 1 aromatic carbocycles. The third-order valence-corrected chi connectivity index (χ3v) is 3.99. The van der Waals surface area contributed by atoms with E-state index in [1.807, 2.05) is 12.1 Å². The molecule has 1 aliphatic heterocycles. The maximum absolute atomic E-state index is 14.1. The second kappa shape index (κ2) is 7.60. The Balaban J connectivity index is 2.12. The number of ether oxygens (including phenoxy) is 1. The fourth-order valence-electron chi connectivity index (χ4n) is 2.83. The van der Waals surface area contributed by atoms with E-state index in [0.29, 0.717) is 19.2 Å². The van der Waals surface area contributed by atoms with E-state index in [0.717, 1.165) is 24.3 Å². The van der Waals surface area contributed by atoms with Gasteiger partial charge in [0, 0.05) is 44.0 Å². The van der Waals surface area contributed by atoms with Crippen molar-refractivity contribution in [3.05, 3.63) is 29.6 Å². The largest absolute Gasteiger partial charge is 0.383 e. The van der Waals surface area contributed by atoms with Gasteiger partial charge in [0.15, 0.2) is 0 Å². The lowest BCUT2D eigenvalue weighted by Crippen LogP contribution is -2.38. The van der Waals surface area contributed by atoms with Crippen molar-refractivity contribution in [2.45, 2.75) is 38.8 Å². The molecule has 0 amide bonds. The zero-order valence-corrected chi connectivity index (χ0v) is 12.5. The first kappa shape index (κ1) is 15.3.